The van der Waals surface area contributed by atoms with Crippen molar-refractivity contribution in [1.29, 1.82) is 0 Å². The number of ketones is 1. The number of carbonyl (C=O) groups excluding carboxylic acids is 3. The highest BCUT2D eigenvalue weighted by molar-refractivity contribution is 6.30. The maximum atomic E-state index is 13.0. The van der Waals surface area contributed by atoms with Crippen LogP contribution in [-0.2, 0) is 16.1 Å². The van der Waals surface area contributed by atoms with Crippen LogP contribution in [0.25, 0.3) is 0 Å². The van der Waals surface area contributed by atoms with Crippen LogP contribution in [0, 0.1) is 19.8 Å². The van der Waals surface area contributed by atoms with Gasteiger partial charge in [0.15, 0.2) is 24.2 Å². The third kappa shape index (κ3) is 5.96. The molecule has 1 saturated heterocycles. The van der Waals surface area contributed by atoms with Gasteiger partial charge in [0.25, 0.3) is 5.91 Å². The number of fused-ring (bicyclic) bond motifs is 1. The predicted molar refractivity (Wildman–Crippen MR) is 146 cm³/mol. The number of para-hydroxylation sites is 2. The minimum atomic E-state index is -0.401. The van der Waals surface area contributed by atoms with Gasteiger partial charge in [-0.05, 0) is 69.2 Å². The fourth-order valence-electron chi connectivity index (χ4n) is 5.15. The number of piperidine rings is 1. The van der Waals surface area contributed by atoms with E-state index in [-0.39, 0.29) is 30.3 Å². The number of amides is 1. The fourth-order valence-corrected chi connectivity index (χ4v) is 5.27. The second-order valence-corrected chi connectivity index (χ2v) is 10.4. The molecule has 204 valence electrons. The van der Waals surface area contributed by atoms with Crippen molar-refractivity contribution in [3.63, 3.8) is 0 Å². The van der Waals surface area contributed by atoms with E-state index in [1.165, 1.54) is 0 Å². The largest absolute Gasteiger partial charge is 0.486 e. The van der Waals surface area contributed by atoms with E-state index in [2.05, 4.69) is 0 Å². The molecule has 0 N–H and O–H groups in total. The number of aromatic nitrogens is 1. The Morgan fingerprint density at radius 3 is 2.41 bits per heavy atom. The number of hydrogen-bond donors (Lipinski definition) is 0. The Morgan fingerprint density at radius 1 is 1.00 bits per heavy atom. The van der Waals surface area contributed by atoms with Crippen LogP contribution < -0.4 is 9.47 Å². The lowest BCUT2D eigenvalue weighted by atomic mass is 9.96. The maximum Gasteiger partial charge on any atom is 0.309 e. The van der Waals surface area contributed by atoms with Crippen LogP contribution in [-0.4, -0.2) is 59.5 Å². The average Bonchev–Trinajstić information content (AvgIpc) is 3.24. The fraction of sp³-hybridized carbons (Fsp3) is 0.367. The smallest absolute Gasteiger partial charge is 0.309 e. The van der Waals surface area contributed by atoms with E-state index in [1.807, 2.05) is 48.7 Å². The number of likely N-dealkylation sites (tertiary alicyclic amines) is 1. The second kappa shape index (κ2) is 11.5. The number of hydrogen-bond acceptors (Lipinski definition) is 6. The van der Waals surface area contributed by atoms with Crippen molar-refractivity contribution in [2.45, 2.75) is 39.3 Å². The number of ether oxygens (including phenoxy) is 3. The van der Waals surface area contributed by atoms with Gasteiger partial charge in [0, 0.05) is 40.6 Å². The maximum absolute atomic E-state index is 13.0. The molecule has 3 aromatic rings. The molecule has 0 saturated carbocycles. The van der Waals surface area contributed by atoms with Crippen molar-refractivity contribution in [3.05, 3.63) is 82.1 Å². The Hall–Kier alpha value is -3.78. The molecule has 9 heteroatoms. The molecule has 2 aliphatic heterocycles. The Balaban J connectivity index is 1.12. The monoisotopic (exact) mass is 550 g/mol. The molecule has 1 aromatic heterocycles. The lowest BCUT2D eigenvalue weighted by molar-refractivity contribution is -0.148. The van der Waals surface area contributed by atoms with Crippen LogP contribution in [0.4, 0.5) is 0 Å². The summed E-state index contributed by atoms with van der Waals surface area (Å²) in [5.41, 5.74) is 2.81. The molecule has 2 aromatic carbocycles. The van der Waals surface area contributed by atoms with Gasteiger partial charge in [-0.1, -0.05) is 23.7 Å². The van der Waals surface area contributed by atoms with Gasteiger partial charge in [0.2, 0.25) is 5.78 Å². The van der Waals surface area contributed by atoms with Crippen LogP contribution in [0.2, 0.25) is 5.02 Å². The molecule has 0 radical (unpaired) electrons. The minimum absolute atomic E-state index is 0.0848. The summed E-state index contributed by atoms with van der Waals surface area (Å²) in [5, 5.41) is 0.573. The summed E-state index contributed by atoms with van der Waals surface area (Å²) < 4.78 is 19.4. The van der Waals surface area contributed by atoms with Gasteiger partial charge >= 0.3 is 5.97 Å². The molecular weight excluding hydrogens is 520 g/mol. The normalized spacial score (nSPS) is 17.1. The van der Waals surface area contributed by atoms with Crippen molar-refractivity contribution < 1.29 is 28.6 Å². The zero-order chi connectivity index (χ0) is 27.5. The number of Topliss-reactive ketones (excluding diaryl/α,β-unsaturated/α-hetero) is 1. The summed E-state index contributed by atoms with van der Waals surface area (Å²) in [6.45, 7) is 5.36. The van der Waals surface area contributed by atoms with Gasteiger partial charge in [0.05, 0.1) is 12.5 Å². The number of rotatable bonds is 7. The van der Waals surface area contributed by atoms with E-state index in [0.717, 1.165) is 17.1 Å². The first-order chi connectivity index (χ1) is 18.8. The van der Waals surface area contributed by atoms with E-state index >= 15 is 0 Å². The van der Waals surface area contributed by atoms with Gasteiger partial charge < -0.3 is 23.7 Å². The molecule has 2 aliphatic rings. The van der Waals surface area contributed by atoms with E-state index in [1.54, 1.807) is 29.2 Å². The van der Waals surface area contributed by atoms with Crippen LogP contribution in [0.1, 0.15) is 44.9 Å². The molecule has 1 fully saturated rings. The van der Waals surface area contributed by atoms with E-state index < -0.39 is 5.97 Å². The van der Waals surface area contributed by atoms with Gasteiger partial charge in [-0.25, -0.2) is 0 Å². The van der Waals surface area contributed by atoms with Gasteiger partial charge in [-0.15, -0.1) is 0 Å². The summed E-state index contributed by atoms with van der Waals surface area (Å²) >= 11 is 5.91. The number of carbonyl (C=O) groups is 3. The molecule has 39 heavy (non-hydrogen) atoms. The predicted octanol–water partition coefficient (Wildman–Crippen LogP) is 4.88. The summed E-state index contributed by atoms with van der Waals surface area (Å²) in [4.78, 5) is 40.1. The van der Waals surface area contributed by atoms with E-state index in [4.69, 9.17) is 25.8 Å². The number of nitrogens with zero attached hydrogens (tertiary/aromatic N) is 2. The highest BCUT2D eigenvalue weighted by Gasteiger charge is 2.30. The molecule has 5 rings (SSSR count). The first-order valence-corrected chi connectivity index (χ1v) is 13.5. The highest BCUT2D eigenvalue weighted by atomic mass is 35.5. The zero-order valence-electron chi connectivity index (χ0n) is 22.0. The lowest BCUT2D eigenvalue weighted by Crippen LogP contribution is -2.40. The average molecular weight is 551 g/mol. The molecule has 1 amide bonds. The molecular formula is C30H31ClN2O6. The van der Waals surface area contributed by atoms with E-state index in [9.17, 15) is 14.4 Å². The van der Waals surface area contributed by atoms with Gasteiger partial charge in [0.1, 0.15) is 6.61 Å². The minimum Gasteiger partial charge on any atom is -0.486 e. The van der Waals surface area contributed by atoms with Crippen molar-refractivity contribution in [2.24, 2.45) is 5.92 Å². The summed E-state index contributed by atoms with van der Waals surface area (Å²) in [6, 6.07) is 16.1. The molecule has 0 bridgehead atoms. The van der Waals surface area contributed by atoms with Gasteiger partial charge in [-0.2, -0.15) is 0 Å². The molecule has 0 aliphatic carbocycles. The summed E-state index contributed by atoms with van der Waals surface area (Å²) in [5.74, 6) is 0.362. The standard InChI is InChI=1S/C30H31ClN2O6/c1-19-15-25(20(2)33(19)16-24-17-37-27-5-3-4-6-28(27)39-24)26(34)18-38-30(36)22-11-13-32(14-12-22)29(35)21-7-9-23(31)10-8-21/h3-10,15,22,24H,11-14,16-18H2,1-2H3/t24-/m1/s1. The van der Waals surface area contributed by atoms with Crippen LogP contribution in [0.5, 0.6) is 11.5 Å². The van der Waals surface area contributed by atoms with Gasteiger partial charge in [-0.3, -0.25) is 14.4 Å². The Morgan fingerprint density at radius 2 is 1.69 bits per heavy atom. The quantitative estimate of drug-likeness (QED) is 0.308. The van der Waals surface area contributed by atoms with E-state index in [0.29, 0.717) is 61.0 Å². The number of benzene rings is 2. The van der Waals surface area contributed by atoms with Crippen molar-refractivity contribution in [1.82, 2.24) is 9.47 Å². The Bertz CT molecular complexity index is 1370. The third-order valence-electron chi connectivity index (χ3n) is 7.38. The number of halogens is 1. The molecule has 3 heterocycles. The molecule has 8 nitrogen and oxygen atoms in total. The molecule has 1 atom stereocenters. The number of aryl methyl sites for hydroxylation is 1. The van der Waals surface area contributed by atoms with Crippen LogP contribution in [0.3, 0.4) is 0 Å². The Labute approximate surface area is 232 Å². The van der Waals surface area contributed by atoms with Crippen molar-refractivity contribution in [2.75, 3.05) is 26.3 Å². The van der Waals surface area contributed by atoms with Crippen molar-refractivity contribution in [3.8, 4) is 11.5 Å². The topological polar surface area (TPSA) is 87.1 Å². The number of esters is 1. The van der Waals surface area contributed by atoms with Crippen molar-refractivity contribution >= 4 is 29.3 Å². The third-order valence-corrected chi connectivity index (χ3v) is 7.63. The molecule has 0 spiro atoms. The summed E-state index contributed by atoms with van der Waals surface area (Å²) in [7, 11) is 0. The Kier molecular flexibility index (Phi) is 7.93. The van der Waals surface area contributed by atoms with Crippen LogP contribution in [0.15, 0.2) is 54.6 Å². The lowest BCUT2D eigenvalue weighted by Gasteiger charge is -2.31. The summed E-state index contributed by atoms with van der Waals surface area (Å²) in [6.07, 6.45) is 0.795. The van der Waals surface area contributed by atoms with Crippen LogP contribution >= 0.6 is 11.6 Å². The molecule has 0 unspecified atom stereocenters. The first kappa shape index (κ1) is 26.8. The SMILES string of the molecule is Cc1cc(C(=O)COC(=O)C2CCN(C(=O)c3ccc(Cl)cc3)CC2)c(C)n1C[C@@H]1COc2ccccc2O1. The second-order valence-electron chi connectivity index (χ2n) is 10.00. The zero-order valence-corrected chi connectivity index (χ0v) is 22.8. The first-order valence-electron chi connectivity index (χ1n) is 13.1. The highest BCUT2D eigenvalue weighted by Crippen LogP contribution is 2.31.